The van der Waals surface area contributed by atoms with Gasteiger partial charge in [0.15, 0.2) is 9.84 Å². The number of anilines is 1. The highest BCUT2D eigenvalue weighted by Crippen LogP contribution is 2.32. The summed E-state index contributed by atoms with van der Waals surface area (Å²) in [7, 11) is -3.14. The Bertz CT molecular complexity index is 909. The van der Waals surface area contributed by atoms with Crippen LogP contribution in [0, 0.1) is 6.92 Å². The van der Waals surface area contributed by atoms with Gasteiger partial charge in [-0.05, 0) is 42.5 Å². The molecule has 0 radical (unpaired) electrons. The van der Waals surface area contributed by atoms with Crippen LogP contribution < -0.4 is 4.90 Å². The minimum Gasteiger partial charge on any atom is -0.306 e. The maximum atomic E-state index is 12.9. The Kier molecular flexibility index (Phi) is 4.62. The zero-order valence-electron chi connectivity index (χ0n) is 14.7. The number of hydrogen-bond donors (Lipinski definition) is 0. The molecule has 2 saturated heterocycles. The van der Waals surface area contributed by atoms with Gasteiger partial charge >= 0.3 is 0 Å². The quantitative estimate of drug-likeness (QED) is 0.802. The molecule has 0 saturated carbocycles. The fourth-order valence-corrected chi connectivity index (χ4v) is 6.70. The van der Waals surface area contributed by atoms with Gasteiger partial charge in [0.1, 0.15) is 0 Å². The maximum absolute atomic E-state index is 12.9. The van der Waals surface area contributed by atoms with Gasteiger partial charge in [0.25, 0.3) is 0 Å². The van der Waals surface area contributed by atoms with Crippen LogP contribution in [-0.4, -0.2) is 55.9 Å². The third-order valence-electron chi connectivity index (χ3n) is 5.21. The van der Waals surface area contributed by atoms with Gasteiger partial charge in [-0.1, -0.05) is 18.2 Å². The molecule has 0 N–H and O–H groups in total. The van der Waals surface area contributed by atoms with E-state index < -0.39 is 9.84 Å². The summed E-state index contributed by atoms with van der Waals surface area (Å²) >= 11 is 1.70. The molecule has 138 valence electrons. The van der Waals surface area contributed by atoms with Crippen LogP contribution in [-0.2, 0) is 21.1 Å². The molecule has 7 heteroatoms. The average molecular weight is 391 g/mol. The molecular formula is C19H22N2O3S2. The third-order valence-corrected chi connectivity index (χ3v) is 7.84. The van der Waals surface area contributed by atoms with Crippen molar-refractivity contribution in [2.45, 2.75) is 25.4 Å². The first-order chi connectivity index (χ1) is 12.4. The summed E-state index contributed by atoms with van der Waals surface area (Å²) in [5.41, 5.74) is 1.87. The molecule has 2 aromatic rings. The lowest BCUT2D eigenvalue weighted by molar-refractivity contribution is -0.123. The van der Waals surface area contributed by atoms with Crippen molar-refractivity contribution < 1.29 is 13.2 Å². The molecule has 0 bridgehead atoms. The first-order valence-corrected chi connectivity index (χ1v) is 11.5. The van der Waals surface area contributed by atoms with Crippen molar-refractivity contribution in [3.63, 3.8) is 0 Å². The Hall–Kier alpha value is -1.70. The lowest BCUT2D eigenvalue weighted by atomic mass is 10.0. The first-order valence-electron chi connectivity index (χ1n) is 8.78. The van der Waals surface area contributed by atoms with Crippen molar-refractivity contribution >= 4 is 32.8 Å². The molecule has 0 spiro atoms. The average Bonchev–Trinajstić information content (AvgIpc) is 3.19. The van der Waals surface area contributed by atoms with Crippen LogP contribution in [0.2, 0.25) is 0 Å². The van der Waals surface area contributed by atoms with Crippen LogP contribution in [0.4, 0.5) is 5.69 Å². The van der Waals surface area contributed by atoms with Crippen LogP contribution in [0.5, 0.6) is 0 Å². The molecule has 2 aliphatic rings. The number of benzene rings is 1. The molecule has 3 heterocycles. The van der Waals surface area contributed by atoms with E-state index in [1.165, 1.54) is 4.88 Å². The van der Waals surface area contributed by atoms with Crippen molar-refractivity contribution in [2.24, 2.45) is 0 Å². The number of nitrogens with zero attached hydrogens (tertiary/aromatic N) is 2. The third kappa shape index (κ3) is 3.43. The molecule has 2 atom stereocenters. The molecule has 1 aromatic carbocycles. The zero-order valence-corrected chi connectivity index (χ0v) is 16.3. The Morgan fingerprint density at radius 1 is 1.15 bits per heavy atom. The summed E-state index contributed by atoms with van der Waals surface area (Å²) in [6, 6.07) is 11.4. The largest absolute Gasteiger partial charge is 0.306 e. The van der Waals surface area contributed by atoms with E-state index in [1.54, 1.807) is 16.2 Å². The van der Waals surface area contributed by atoms with Gasteiger partial charge in [-0.25, -0.2) is 8.42 Å². The van der Waals surface area contributed by atoms with Crippen molar-refractivity contribution in [1.29, 1.82) is 0 Å². The van der Waals surface area contributed by atoms with Crippen molar-refractivity contribution in [2.75, 3.05) is 29.5 Å². The second-order valence-corrected chi connectivity index (χ2v) is 10.3. The highest BCUT2D eigenvalue weighted by molar-refractivity contribution is 7.91. The van der Waals surface area contributed by atoms with Crippen LogP contribution in [0.25, 0.3) is 0 Å². The summed E-state index contributed by atoms with van der Waals surface area (Å²) in [6.07, 6.45) is 0.846. The number of fused-ring (bicyclic) bond motifs is 1. The first kappa shape index (κ1) is 17.7. The second kappa shape index (κ2) is 6.79. The number of carbonyl (C=O) groups excluding carboxylic acids is 1. The molecule has 1 amide bonds. The summed E-state index contributed by atoms with van der Waals surface area (Å²) in [4.78, 5) is 18.0. The number of amides is 1. The number of aryl methyl sites for hydroxylation is 1. The van der Waals surface area contributed by atoms with Gasteiger partial charge in [-0.3, -0.25) is 9.69 Å². The zero-order chi connectivity index (χ0) is 18.3. The van der Waals surface area contributed by atoms with E-state index in [9.17, 15) is 13.2 Å². The van der Waals surface area contributed by atoms with Gasteiger partial charge in [-0.15, -0.1) is 11.3 Å². The predicted octanol–water partition coefficient (Wildman–Crippen LogP) is 2.11. The fraction of sp³-hybridized carbons (Fsp3) is 0.421. The maximum Gasteiger partial charge on any atom is 0.241 e. The molecule has 26 heavy (non-hydrogen) atoms. The molecule has 0 aliphatic carbocycles. The summed E-state index contributed by atoms with van der Waals surface area (Å²) in [5, 5.41) is 2.04. The van der Waals surface area contributed by atoms with E-state index in [2.05, 4.69) is 11.0 Å². The standard InChI is InChI=1S/C19H22N2O3S2/c1-14-4-2-5-15(10-14)21-18-13-26(23,24)12-17(18)20(11-19(21)22)8-7-16-6-3-9-25-16/h2-6,9-10,17-18H,7-8,11-13H2,1H3/t17-,18+/m0/s1. The number of thiophene rings is 1. The van der Waals surface area contributed by atoms with Crippen LogP contribution >= 0.6 is 11.3 Å². The SMILES string of the molecule is Cc1cccc(N2C(=O)CN(CCc3cccs3)[C@H]3CS(=O)(=O)C[C@H]32)c1. The minimum absolute atomic E-state index is 0.0138. The Balaban J connectivity index is 1.61. The molecule has 2 aliphatic heterocycles. The summed E-state index contributed by atoms with van der Waals surface area (Å²) in [6.45, 7) is 2.97. The van der Waals surface area contributed by atoms with Gasteiger partial charge in [-0.2, -0.15) is 0 Å². The summed E-state index contributed by atoms with van der Waals surface area (Å²) < 4.78 is 24.7. The second-order valence-electron chi connectivity index (χ2n) is 7.11. The highest BCUT2D eigenvalue weighted by Gasteiger charge is 2.49. The molecule has 2 fully saturated rings. The van der Waals surface area contributed by atoms with Gasteiger partial charge in [0, 0.05) is 23.2 Å². The number of rotatable bonds is 4. The van der Waals surface area contributed by atoms with E-state index in [1.807, 2.05) is 42.6 Å². The number of hydrogen-bond acceptors (Lipinski definition) is 5. The predicted molar refractivity (Wildman–Crippen MR) is 104 cm³/mol. The topological polar surface area (TPSA) is 57.7 Å². The van der Waals surface area contributed by atoms with Gasteiger partial charge < -0.3 is 4.90 Å². The van der Waals surface area contributed by atoms with E-state index in [0.29, 0.717) is 6.54 Å². The van der Waals surface area contributed by atoms with Crippen molar-refractivity contribution in [3.05, 3.63) is 52.2 Å². The molecule has 5 nitrogen and oxygen atoms in total. The fourth-order valence-electron chi connectivity index (χ4n) is 4.02. The summed E-state index contributed by atoms with van der Waals surface area (Å²) in [5.74, 6) is 0.171. The van der Waals surface area contributed by atoms with E-state index >= 15 is 0 Å². The van der Waals surface area contributed by atoms with Crippen LogP contribution in [0.1, 0.15) is 10.4 Å². The monoisotopic (exact) mass is 390 g/mol. The van der Waals surface area contributed by atoms with E-state index in [0.717, 1.165) is 17.7 Å². The molecule has 0 unspecified atom stereocenters. The Labute approximate surface area is 158 Å². The molecular weight excluding hydrogens is 368 g/mol. The lowest BCUT2D eigenvalue weighted by Gasteiger charge is -2.43. The lowest BCUT2D eigenvalue weighted by Crippen LogP contribution is -2.62. The molecule has 1 aromatic heterocycles. The Morgan fingerprint density at radius 2 is 1.96 bits per heavy atom. The smallest absolute Gasteiger partial charge is 0.241 e. The van der Waals surface area contributed by atoms with Crippen molar-refractivity contribution in [1.82, 2.24) is 4.90 Å². The number of sulfone groups is 1. The van der Waals surface area contributed by atoms with Crippen molar-refractivity contribution in [3.8, 4) is 0 Å². The van der Waals surface area contributed by atoms with Gasteiger partial charge in [0.2, 0.25) is 5.91 Å². The normalized spacial score (nSPS) is 25.4. The highest BCUT2D eigenvalue weighted by atomic mass is 32.2. The Morgan fingerprint density at radius 3 is 2.69 bits per heavy atom. The molecule has 4 rings (SSSR count). The minimum atomic E-state index is -3.14. The van der Waals surface area contributed by atoms with E-state index in [-0.39, 0.29) is 36.0 Å². The van der Waals surface area contributed by atoms with Crippen LogP contribution in [0.3, 0.4) is 0 Å². The van der Waals surface area contributed by atoms with Gasteiger partial charge in [0.05, 0.1) is 24.1 Å². The van der Waals surface area contributed by atoms with Crippen LogP contribution in [0.15, 0.2) is 41.8 Å². The number of carbonyl (C=O) groups is 1. The number of piperazine rings is 1. The van der Waals surface area contributed by atoms with E-state index in [4.69, 9.17) is 0 Å².